The zero-order valence-electron chi connectivity index (χ0n) is 16.9. The first kappa shape index (κ1) is 20.2. The number of amidine groups is 1. The molecule has 2 N–H and O–H groups in total. The largest absolute Gasteiger partial charge is 0.496 e. The molecular weight excluding hydrogens is 427 g/mol. The highest BCUT2D eigenvalue weighted by Gasteiger charge is 2.38. The average molecular weight is 445 g/mol. The van der Waals surface area contributed by atoms with Crippen molar-refractivity contribution in [3.8, 4) is 5.75 Å². The van der Waals surface area contributed by atoms with Gasteiger partial charge in [-0.15, -0.1) is 5.10 Å². The molecule has 8 nitrogen and oxygen atoms in total. The van der Waals surface area contributed by atoms with Crippen LogP contribution in [-0.4, -0.2) is 23.3 Å². The lowest BCUT2D eigenvalue weighted by Crippen LogP contribution is -2.30. The van der Waals surface area contributed by atoms with E-state index in [1.807, 2.05) is 12.1 Å². The molecule has 0 bridgehead atoms. The number of aromatic nitrogens is 2. The Balaban J connectivity index is 1.31. The van der Waals surface area contributed by atoms with Gasteiger partial charge in [0, 0.05) is 16.8 Å². The lowest BCUT2D eigenvalue weighted by atomic mass is 10.1. The van der Waals surface area contributed by atoms with Gasteiger partial charge in [-0.25, -0.2) is 0 Å². The first-order chi connectivity index (χ1) is 15.4. The van der Waals surface area contributed by atoms with Crippen molar-refractivity contribution in [2.75, 3.05) is 12.4 Å². The Labute approximate surface area is 180 Å². The highest BCUT2D eigenvalue weighted by molar-refractivity contribution is 5.81. The van der Waals surface area contributed by atoms with Gasteiger partial charge in [0.25, 0.3) is 6.02 Å². The minimum absolute atomic E-state index is 0.0303. The van der Waals surface area contributed by atoms with E-state index in [4.69, 9.17) is 9.47 Å². The smallest absolute Gasteiger partial charge is 0.470 e. The number of hydrogen-bond acceptors (Lipinski definition) is 8. The molecule has 166 valence electrons. The van der Waals surface area contributed by atoms with Crippen LogP contribution >= 0.6 is 0 Å². The molecule has 1 aliphatic heterocycles. The number of benzene rings is 2. The first-order valence-corrected chi connectivity index (χ1v) is 9.85. The third kappa shape index (κ3) is 3.81. The van der Waals surface area contributed by atoms with Crippen molar-refractivity contribution in [3.63, 3.8) is 0 Å². The lowest BCUT2D eigenvalue weighted by molar-refractivity contribution is -0.156. The quantitative estimate of drug-likeness (QED) is 0.605. The predicted octanol–water partition coefficient (Wildman–Crippen LogP) is 4.64. The molecule has 3 aromatic rings. The second-order valence-electron chi connectivity index (χ2n) is 7.35. The Hall–Kier alpha value is -3.76. The van der Waals surface area contributed by atoms with Gasteiger partial charge in [-0.1, -0.05) is 17.2 Å². The third-order valence-electron chi connectivity index (χ3n) is 5.31. The van der Waals surface area contributed by atoms with Crippen LogP contribution in [0.2, 0.25) is 0 Å². The maximum Gasteiger partial charge on any atom is 0.470 e. The molecule has 1 aliphatic carbocycles. The number of ether oxygens (including phenoxy) is 2. The maximum absolute atomic E-state index is 12.6. The molecular formula is C21H18F3N5O3. The molecule has 2 aliphatic rings. The topological polar surface area (TPSA) is 93.8 Å². The van der Waals surface area contributed by atoms with Crippen molar-refractivity contribution in [1.82, 2.24) is 15.5 Å². The van der Waals surface area contributed by atoms with Gasteiger partial charge in [0.15, 0.2) is 0 Å². The normalized spacial score (nSPS) is 17.1. The highest BCUT2D eigenvalue weighted by atomic mass is 19.4. The van der Waals surface area contributed by atoms with Crippen LogP contribution in [0.5, 0.6) is 5.75 Å². The van der Waals surface area contributed by atoms with E-state index in [1.54, 1.807) is 25.3 Å². The second-order valence-corrected chi connectivity index (χ2v) is 7.35. The van der Waals surface area contributed by atoms with Crippen molar-refractivity contribution in [3.05, 3.63) is 59.0 Å². The fraction of sp³-hybridized carbons (Fsp3) is 0.286. The van der Waals surface area contributed by atoms with E-state index in [0.717, 1.165) is 29.7 Å². The molecule has 1 atom stereocenters. The number of nitrogens with one attached hydrogen (secondary N) is 2. The van der Waals surface area contributed by atoms with Crippen molar-refractivity contribution < 1.29 is 27.1 Å². The van der Waals surface area contributed by atoms with Crippen LogP contribution in [0.1, 0.15) is 35.0 Å². The van der Waals surface area contributed by atoms with Crippen LogP contribution in [0, 0.1) is 0 Å². The molecule has 1 unspecified atom stereocenters. The van der Waals surface area contributed by atoms with E-state index in [1.165, 1.54) is 5.56 Å². The standard InChI is InChI=1S/C21H18F3N5O3/c1-30-16-4-2-3-11-5-7-15(17(11)16)27-19-26-14-8-6-13(9-12(14)10-31-19)25-20-29-28-18(32-20)21(22,23)24/h2-4,6,8-9,15H,5,7,10H2,1H3,(H,25,29)(H,26,27). The number of fused-ring (bicyclic) bond motifs is 2. The van der Waals surface area contributed by atoms with Gasteiger partial charge in [0.1, 0.15) is 12.4 Å². The monoisotopic (exact) mass is 445 g/mol. The lowest BCUT2D eigenvalue weighted by Gasteiger charge is -2.22. The number of rotatable bonds is 4. The molecule has 1 aromatic heterocycles. The Morgan fingerprint density at radius 3 is 2.78 bits per heavy atom. The van der Waals surface area contributed by atoms with E-state index < -0.39 is 12.1 Å². The second kappa shape index (κ2) is 7.74. The van der Waals surface area contributed by atoms with Crippen LogP contribution in [0.25, 0.3) is 0 Å². The summed E-state index contributed by atoms with van der Waals surface area (Å²) in [7, 11) is 1.65. The molecule has 0 spiro atoms. The summed E-state index contributed by atoms with van der Waals surface area (Å²) in [4.78, 5) is 4.54. The summed E-state index contributed by atoms with van der Waals surface area (Å²) in [6, 6.07) is 11.2. The number of alkyl halides is 3. The fourth-order valence-corrected chi connectivity index (χ4v) is 3.88. The van der Waals surface area contributed by atoms with Gasteiger partial charge in [-0.3, -0.25) is 0 Å². The number of hydrogen-bond donors (Lipinski definition) is 2. The minimum atomic E-state index is -4.70. The summed E-state index contributed by atoms with van der Waals surface area (Å²) in [5.41, 5.74) is 4.30. The van der Waals surface area contributed by atoms with Gasteiger partial charge in [-0.05, 0) is 42.7 Å². The highest BCUT2D eigenvalue weighted by Crippen LogP contribution is 2.38. The zero-order chi connectivity index (χ0) is 22.3. The molecule has 11 heteroatoms. The van der Waals surface area contributed by atoms with Gasteiger partial charge in [-0.2, -0.15) is 18.2 Å². The van der Waals surface area contributed by atoms with Crippen molar-refractivity contribution >= 4 is 23.4 Å². The molecule has 5 rings (SSSR count). The number of methoxy groups -OCH3 is 1. The predicted molar refractivity (Wildman–Crippen MR) is 108 cm³/mol. The van der Waals surface area contributed by atoms with E-state index in [-0.39, 0.29) is 18.7 Å². The summed E-state index contributed by atoms with van der Waals surface area (Å²) in [5.74, 6) is -0.577. The van der Waals surface area contributed by atoms with Crippen LogP contribution < -0.4 is 15.4 Å². The van der Waals surface area contributed by atoms with Crippen LogP contribution in [0.3, 0.4) is 0 Å². The summed E-state index contributed by atoms with van der Waals surface area (Å²) >= 11 is 0. The van der Waals surface area contributed by atoms with Gasteiger partial charge >= 0.3 is 18.1 Å². The number of aryl methyl sites for hydroxylation is 1. The van der Waals surface area contributed by atoms with Gasteiger partial charge < -0.3 is 24.5 Å². The number of aliphatic imine (C=N–C) groups is 1. The van der Waals surface area contributed by atoms with E-state index in [9.17, 15) is 13.2 Å². The van der Waals surface area contributed by atoms with Crippen LogP contribution in [0.15, 0.2) is 45.8 Å². The summed E-state index contributed by atoms with van der Waals surface area (Å²) in [6.07, 6.45) is -2.86. The molecule has 0 saturated heterocycles. The zero-order valence-corrected chi connectivity index (χ0v) is 16.9. The number of halogens is 3. The number of anilines is 2. The SMILES string of the molecule is COc1cccc2c1C(NC1=Nc3ccc(Nc4nnc(C(F)(F)F)o4)cc3CO1)CC2. The Morgan fingerprint density at radius 2 is 2.00 bits per heavy atom. The summed E-state index contributed by atoms with van der Waals surface area (Å²) < 4.78 is 53.7. The Kier molecular flexibility index (Phi) is 4.87. The third-order valence-corrected chi connectivity index (χ3v) is 5.31. The fourth-order valence-electron chi connectivity index (χ4n) is 3.88. The van der Waals surface area contributed by atoms with Crippen molar-refractivity contribution in [2.24, 2.45) is 4.99 Å². The molecule has 32 heavy (non-hydrogen) atoms. The average Bonchev–Trinajstić information content (AvgIpc) is 3.41. The van der Waals surface area contributed by atoms with Crippen molar-refractivity contribution in [1.29, 1.82) is 0 Å². The first-order valence-electron chi connectivity index (χ1n) is 9.85. The molecule has 2 heterocycles. The van der Waals surface area contributed by atoms with E-state index >= 15 is 0 Å². The Bertz CT molecular complexity index is 1190. The van der Waals surface area contributed by atoms with Crippen molar-refractivity contribution in [2.45, 2.75) is 31.7 Å². The molecule has 0 amide bonds. The molecule has 2 aromatic carbocycles. The van der Waals surface area contributed by atoms with Crippen LogP contribution in [0.4, 0.5) is 30.6 Å². The molecule has 0 radical (unpaired) electrons. The maximum atomic E-state index is 12.6. The molecule has 0 saturated carbocycles. The van der Waals surface area contributed by atoms with E-state index in [2.05, 4.69) is 36.3 Å². The van der Waals surface area contributed by atoms with E-state index in [0.29, 0.717) is 17.4 Å². The van der Waals surface area contributed by atoms with Crippen LogP contribution in [-0.2, 0) is 23.9 Å². The van der Waals surface area contributed by atoms with Gasteiger partial charge in [0.2, 0.25) is 0 Å². The Morgan fingerprint density at radius 1 is 1.12 bits per heavy atom. The molecule has 0 fully saturated rings. The minimum Gasteiger partial charge on any atom is -0.496 e. The summed E-state index contributed by atoms with van der Waals surface area (Å²) in [5, 5.41) is 12.4. The van der Waals surface area contributed by atoms with Gasteiger partial charge in [0.05, 0.1) is 18.8 Å². The number of nitrogens with zero attached hydrogens (tertiary/aromatic N) is 3. The summed E-state index contributed by atoms with van der Waals surface area (Å²) in [6.45, 7) is 0.250.